The standard InChI is InChI=1S/C12H16O2/c1-9(8-13)10-3-2-4-12(7-10)14-11-5-6-11/h2-4,7,9,11,13H,5-6,8H2,1H3. The van der Waals surface area contributed by atoms with Crippen molar-refractivity contribution >= 4 is 0 Å². The van der Waals surface area contributed by atoms with Gasteiger partial charge >= 0.3 is 0 Å². The largest absolute Gasteiger partial charge is 0.490 e. The predicted octanol–water partition coefficient (Wildman–Crippen LogP) is 2.32. The maximum atomic E-state index is 9.03. The van der Waals surface area contributed by atoms with Gasteiger partial charge < -0.3 is 9.84 Å². The molecule has 0 heterocycles. The van der Waals surface area contributed by atoms with Gasteiger partial charge in [-0.05, 0) is 30.5 Å². The van der Waals surface area contributed by atoms with E-state index < -0.39 is 0 Å². The van der Waals surface area contributed by atoms with Crippen molar-refractivity contribution in [3.8, 4) is 5.75 Å². The second-order valence-electron chi connectivity index (χ2n) is 3.97. The quantitative estimate of drug-likeness (QED) is 0.793. The van der Waals surface area contributed by atoms with E-state index in [0.29, 0.717) is 6.10 Å². The Hall–Kier alpha value is -1.02. The van der Waals surface area contributed by atoms with Crippen molar-refractivity contribution in [2.24, 2.45) is 0 Å². The molecular formula is C12H16O2. The lowest BCUT2D eigenvalue weighted by molar-refractivity contribution is 0.272. The summed E-state index contributed by atoms with van der Waals surface area (Å²) in [5.41, 5.74) is 1.14. The summed E-state index contributed by atoms with van der Waals surface area (Å²) in [5, 5.41) is 9.03. The summed E-state index contributed by atoms with van der Waals surface area (Å²) in [6, 6.07) is 8.02. The molecule has 0 saturated heterocycles. The van der Waals surface area contributed by atoms with Crippen LogP contribution >= 0.6 is 0 Å². The van der Waals surface area contributed by atoms with Crippen LogP contribution in [0.5, 0.6) is 5.75 Å². The van der Waals surface area contributed by atoms with Crippen molar-refractivity contribution in [2.75, 3.05) is 6.61 Å². The molecule has 0 spiro atoms. The fraction of sp³-hybridized carbons (Fsp3) is 0.500. The van der Waals surface area contributed by atoms with Crippen molar-refractivity contribution in [3.63, 3.8) is 0 Å². The van der Waals surface area contributed by atoms with E-state index in [9.17, 15) is 0 Å². The molecule has 76 valence electrons. The van der Waals surface area contributed by atoms with Crippen LogP contribution in [-0.4, -0.2) is 17.8 Å². The number of rotatable bonds is 4. The lowest BCUT2D eigenvalue weighted by Crippen LogP contribution is -2.00. The highest BCUT2D eigenvalue weighted by atomic mass is 16.5. The summed E-state index contributed by atoms with van der Waals surface area (Å²) in [6.07, 6.45) is 2.80. The van der Waals surface area contributed by atoms with Crippen LogP contribution in [0.15, 0.2) is 24.3 Å². The summed E-state index contributed by atoms with van der Waals surface area (Å²) >= 11 is 0. The van der Waals surface area contributed by atoms with Crippen molar-refractivity contribution < 1.29 is 9.84 Å². The fourth-order valence-electron chi connectivity index (χ4n) is 1.38. The highest BCUT2D eigenvalue weighted by Gasteiger charge is 2.23. The molecule has 1 unspecified atom stereocenters. The first-order chi connectivity index (χ1) is 6.79. The van der Waals surface area contributed by atoms with Gasteiger partial charge in [0.1, 0.15) is 5.75 Å². The third-order valence-corrected chi connectivity index (χ3v) is 2.53. The Morgan fingerprint density at radius 2 is 2.29 bits per heavy atom. The Kier molecular flexibility index (Phi) is 2.73. The minimum absolute atomic E-state index is 0.187. The topological polar surface area (TPSA) is 29.5 Å². The predicted molar refractivity (Wildman–Crippen MR) is 55.6 cm³/mol. The zero-order valence-electron chi connectivity index (χ0n) is 8.44. The molecule has 1 atom stereocenters. The van der Waals surface area contributed by atoms with Gasteiger partial charge in [-0.25, -0.2) is 0 Å². The van der Waals surface area contributed by atoms with E-state index in [1.54, 1.807) is 0 Å². The molecule has 2 nitrogen and oxygen atoms in total. The number of benzene rings is 1. The van der Waals surface area contributed by atoms with Crippen LogP contribution in [0.25, 0.3) is 0 Å². The van der Waals surface area contributed by atoms with Gasteiger partial charge in [0.05, 0.1) is 6.10 Å². The smallest absolute Gasteiger partial charge is 0.120 e. The Labute approximate surface area is 84.5 Å². The second-order valence-corrected chi connectivity index (χ2v) is 3.97. The zero-order valence-corrected chi connectivity index (χ0v) is 8.44. The van der Waals surface area contributed by atoms with E-state index in [1.807, 2.05) is 31.2 Å². The van der Waals surface area contributed by atoms with E-state index in [0.717, 1.165) is 11.3 Å². The molecule has 0 aromatic heterocycles. The molecule has 1 aliphatic rings. The summed E-state index contributed by atoms with van der Waals surface area (Å²) in [4.78, 5) is 0. The molecule has 0 bridgehead atoms. The summed E-state index contributed by atoms with van der Waals surface area (Å²) < 4.78 is 5.68. The van der Waals surface area contributed by atoms with Crippen LogP contribution in [0.1, 0.15) is 31.2 Å². The molecular weight excluding hydrogens is 176 g/mol. The van der Waals surface area contributed by atoms with Crippen molar-refractivity contribution in [2.45, 2.75) is 31.8 Å². The van der Waals surface area contributed by atoms with Gasteiger partial charge in [0.25, 0.3) is 0 Å². The van der Waals surface area contributed by atoms with Gasteiger partial charge in [0.2, 0.25) is 0 Å². The number of ether oxygens (including phenoxy) is 1. The third-order valence-electron chi connectivity index (χ3n) is 2.53. The number of aliphatic hydroxyl groups is 1. The van der Waals surface area contributed by atoms with Gasteiger partial charge in [-0.2, -0.15) is 0 Å². The molecule has 2 rings (SSSR count). The molecule has 0 radical (unpaired) electrons. The van der Waals surface area contributed by atoms with E-state index in [2.05, 4.69) is 0 Å². The van der Waals surface area contributed by atoms with E-state index in [1.165, 1.54) is 12.8 Å². The lowest BCUT2D eigenvalue weighted by atomic mass is 10.0. The molecule has 0 amide bonds. The van der Waals surface area contributed by atoms with Crippen LogP contribution in [0.4, 0.5) is 0 Å². The van der Waals surface area contributed by atoms with Gasteiger partial charge in [0, 0.05) is 12.5 Å². The third kappa shape index (κ3) is 2.26. The van der Waals surface area contributed by atoms with Gasteiger partial charge in [0.15, 0.2) is 0 Å². The average molecular weight is 192 g/mol. The Morgan fingerprint density at radius 3 is 2.93 bits per heavy atom. The highest BCUT2D eigenvalue weighted by molar-refractivity contribution is 5.31. The summed E-state index contributed by atoms with van der Waals surface area (Å²) in [7, 11) is 0. The Bertz CT molecular complexity index is 305. The van der Waals surface area contributed by atoms with Crippen LogP contribution in [0.3, 0.4) is 0 Å². The number of aliphatic hydroxyl groups excluding tert-OH is 1. The van der Waals surface area contributed by atoms with Gasteiger partial charge in [-0.1, -0.05) is 19.1 Å². The lowest BCUT2D eigenvalue weighted by Gasteiger charge is -2.10. The minimum Gasteiger partial charge on any atom is -0.490 e. The number of hydrogen-bond donors (Lipinski definition) is 1. The average Bonchev–Trinajstić information content (AvgIpc) is 3.01. The first kappa shape index (κ1) is 9.53. The van der Waals surface area contributed by atoms with Crippen LogP contribution in [0.2, 0.25) is 0 Å². The minimum atomic E-state index is 0.187. The summed E-state index contributed by atoms with van der Waals surface area (Å²) in [6.45, 7) is 2.20. The Balaban J connectivity index is 2.08. The summed E-state index contributed by atoms with van der Waals surface area (Å²) in [5.74, 6) is 1.13. The first-order valence-corrected chi connectivity index (χ1v) is 5.17. The second kappa shape index (κ2) is 4.01. The van der Waals surface area contributed by atoms with E-state index >= 15 is 0 Å². The zero-order chi connectivity index (χ0) is 9.97. The molecule has 1 aliphatic carbocycles. The van der Waals surface area contributed by atoms with E-state index in [-0.39, 0.29) is 12.5 Å². The first-order valence-electron chi connectivity index (χ1n) is 5.17. The van der Waals surface area contributed by atoms with Gasteiger partial charge in [-0.15, -0.1) is 0 Å². The molecule has 0 aliphatic heterocycles. The Morgan fingerprint density at radius 1 is 1.50 bits per heavy atom. The van der Waals surface area contributed by atoms with Crippen LogP contribution in [0, 0.1) is 0 Å². The fourth-order valence-corrected chi connectivity index (χ4v) is 1.38. The SMILES string of the molecule is CC(CO)c1cccc(OC2CC2)c1. The maximum absolute atomic E-state index is 9.03. The highest BCUT2D eigenvalue weighted by Crippen LogP contribution is 2.28. The monoisotopic (exact) mass is 192 g/mol. The van der Waals surface area contributed by atoms with Crippen molar-refractivity contribution in [1.82, 2.24) is 0 Å². The molecule has 1 N–H and O–H groups in total. The van der Waals surface area contributed by atoms with Crippen LogP contribution < -0.4 is 4.74 Å². The molecule has 1 aromatic rings. The number of hydrogen-bond acceptors (Lipinski definition) is 2. The molecule has 1 saturated carbocycles. The van der Waals surface area contributed by atoms with E-state index in [4.69, 9.17) is 9.84 Å². The van der Waals surface area contributed by atoms with Crippen LogP contribution in [-0.2, 0) is 0 Å². The normalized spacial score (nSPS) is 17.9. The molecule has 14 heavy (non-hydrogen) atoms. The van der Waals surface area contributed by atoms with Crippen molar-refractivity contribution in [1.29, 1.82) is 0 Å². The molecule has 1 aromatic carbocycles. The van der Waals surface area contributed by atoms with Gasteiger partial charge in [-0.3, -0.25) is 0 Å². The molecule has 1 fully saturated rings. The maximum Gasteiger partial charge on any atom is 0.120 e. The molecule has 2 heteroatoms. The van der Waals surface area contributed by atoms with Crippen molar-refractivity contribution in [3.05, 3.63) is 29.8 Å².